The number of fused-ring (bicyclic) bond motifs is 1. The average molecular weight is 420 g/mol. The number of nitrogens with zero attached hydrogens (tertiary/aromatic N) is 3. The SMILES string of the molecule is O=Cc1cc(F)ccc1C(=O)Nc1ccc(-c2nc3ccc([N+](=O)[O-])cc3n2O)cc1. The fourth-order valence-electron chi connectivity index (χ4n) is 3.09. The Morgan fingerprint density at radius 1 is 1.13 bits per heavy atom. The molecule has 4 rings (SSSR count). The van der Waals surface area contributed by atoms with Crippen molar-refractivity contribution in [1.82, 2.24) is 9.71 Å². The first-order chi connectivity index (χ1) is 14.9. The van der Waals surface area contributed by atoms with Gasteiger partial charge in [-0.2, -0.15) is 4.73 Å². The molecule has 10 heteroatoms. The van der Waals surface area contributed by atoms with Crippen molar-refractivity contribution < 1.29 is 24.1 Å². The molecule has 0 aliphatic rings. The summed E-state index contributed by atoms with van der Waals surface area (Å²) >= 11 is 0. The first-order valence-electron chi connectivity index (χ1n) is 8.90. The number of carbonyl (C=O) groups is 2. The highest BCUT2D eigenvalue weighted by Crippen LogP contribution is 2.27. The van der Waals surface area contributed by atoms with Gasteiger partial charge in [0.1, 0.15) is 11.3 Å². The molecule has 0 saturated heterocycles. The van der Waals surface area contributed by atoms with Crippen molar-refractivity contribution >= 4 is 34.6 Å². The van der Waals surface area contributed by atoms with Crippen LogP contribution in [0, 0.1) is 15.9 Å². The minimum Gasteiger partial charge on any atom is -0.426 e. The van der Waals surface area contributed by atoms with Gasteiger partial charge in [0.05, 0.1) is 16.0 Å². The molecule has 0 fully saturated rings. The summed E-state index contributed by atoms with van der Waals surface area (Å²) in [4.78, 5) is 38.2. The van der Waals surface area contributed by atoms with Crippen molar-refractivity contribution in [3.63, 3.8) is 0 Å². The van der Waals surface area contributed by atoms with Gasteiger partial charge in [-0.05, 0) is 48.5 Å². The number of hydrogen-bond acceptors (Lipinski definition) is 6. The molecule has 9 nitrogen and oxygen atoms in total. The van der Waals surface area contributed by atoms with Crippen LogP contribution in [0.4, 0.5) is 15.8 Å². The molecule has 4 aromatic rings. The van der Waals surface area contributed by atoms with Gasteiger partial charge in [0.2, 0.25) is 0 Å². The zero-order chi connectivity index (χ0) is 22.1. The van der Waals surface area contributed by atoms with E-state index in [9.17, 15) is 29.3 Å². The van der Waals surface area contributed by atoms with Gasteiger partial charge in [-0.15, -0.1) is 0 Å². The number of anilines is 1. The van der Waals surface area contributed by atoms with Crippen LogP contribution >= 0.6 is 0 Å². The topological polar surface area (TPSA) is 127 Å². The number of nitro groups is 1. The van der Waals surface area contributed by atoms with Crippen LogP contribution in [0.2, 0.25) is 0 Å². The molecule has 0 aliphatic heterocycles. The fourth-order valence-corrected chi connectivity index (χ4v) is 3.09. The molecule has 0 spiro atoms. The van der Waals surface area contributed by atoms with Gasteiger partial charge < -0.3 is 10.5 Å². The second kappa shape index (κ2) is 7.67. The molecule has 0 aliphatic carbocycles. The molecule has 0 unspecified atom stereocenters. The van der Waals surface area contributed by atoms with Crippen molar-refractivity contribution in [2.24, 2.45) is 0 Å². The third-order valence-electron chi connectivity index (χ3n) is 4.61. The summed E-state index contributed by atoms with van der Waals surface area (Å²) in [5.41, 5.74) is 1.22. The highest BCUT2D eigenvalue weighted by Gasteiger charge is 2.16. The smallest absolute Gasteiger partial charge is 0.271 e. The minimum absolute atomic E-state index is 0.0271. The third kappa shape index (κ3) is 3.69. The largest absolute Gasteiger partial charge is 0.426 e. The number of carbonyl (C=O) groups excluding carboxylic acids is 2. The molecule has 154 valence electrons. The van der Waals surface area contributed by atoms with Gasteiger partial charge in [0.25, 0.3) is 11.6 Å². The summed E-state index contributed by atoms with van der Waals surface area (Å²) in [5, 5.41) is 23.9. The minimum atomic E-state index is -0.625. The Labute approximate surface area is 173 Å². The number of nitro benzene ring substituents is 1. The molecule has 0 atom stereocenters. The van der Waals surface area contributed by atoms with Crippen LogP contribution in [-0.4, -0.2) is 32.0 Å². The lowest BCUT2D eigenvalue weighted by Crippen LogP contribution is -2.14. The Balaban J connectivity index is 1.60. The van der Waals surface area contributed by atoms with E-state index in [1.54, 1.807) is 24.3 Å². The van der Waals surface area contributed by atoms with E-state index < -0.39 is 16.6 Å². The van der Waals surface area contributed by atoms with E-state index in [-0.39, 0.29) is 28.2 Å². The Bertz CT molecular complexity index is 1350. The van der Waals surface area contributed by atoms with Crippen LogP contribution < -0.4 is 5.32 Å². The molecule has 0 saturated carbocycles. The van der Waals surface area contributed by atoms with Crippen molar-refractivity contribution in [2.45, 2.75) is 0 Å². The predicted octanol–water partition coefficient (Wildman–Crippen LogP) is 4.05. The van der Waals surface area contributed by atoms with Gasteiger partial charge in [-0.3, -0.25) is 19.7 Å². The van der Waals surface area contributed by atoms with Crippen LogP contribution in [-0.2, 0) is 0 Å². The molecule has 1 heterocycles. The number of aldehydes is 1. The third-order valence-corrected chi connectivity index (χ3v) is 4.61. The molecular formula is C21H13FN4O5. The molecule has 31 heavy (non-hydrogen) atoms. The summed E-state index contributed by atoms with van der Waals surface area (Å²) in [6.07, 6.45) is 0.400. The second-order valence-electron chi connectivity index (χ2n) is 6.56. The number of benzene rings is 3. The van der Waals surface area contributed by atoms with Crippen LogP contribution in [0.15, 0.2) is 60.7 Å². The predicted molar refractivity (Wildman–Crippen MR) is 109 cm³/mol. The number of amides is 1. The summed E-state index contributed by atoms with van der Waals surface area (Å²) < 4.78 is 14.0. The summed E-state index contributed by atoms with van der Waals surface area (Å²) in [7, 11) is 0. The van der Waals surface area contributed by atoms with E-state index in [4.69, 9.17) is 0 Å². The molecule has 1 amide bonds. The quantitative estimate of drug-likeness (QED) is 0.217. The first-order valence-corrected chi connectivity index (χ1v) is 8.90. The monoisotopic (exact) mass is 420 g/mol. The van der Waals surface area contributed by atoms with Crippen LogP contribution in [0.25, 0.3) is 22.4 Å². The molecule has 3 aromatic carbocycles. The highest BCUT2D eigenvalue weighted by molar-refractivity contribution is 6.08. The van der Waals surface area contributed by atoms with Crippen molar-refractivity contribution in [3.05, 3.63) is 87.7 Å². The summed E-state index contributed by atoms with van der Waals surface area (Å²) in [5.74, 6) is -1.05. The van der Waals surface area contributed by atoms with E-state index in [0.717, 1.165) is 16.9 Å². The highest BCUT2D eigenvalue weighted by atomic mass is 19.1. The normalized spacial score (nSPS) is 10.7. The molecular weight excluding hydrogens is 407 g/mol. The second-order valence-corrected chi connectivity index (χ2v) is 6.56. The zero-order valence-electron chi connectivity index (χ0n) is 15.7. The van der Waals surface area contributed by atoms with E-state index in [2.05, 4.69) is 10.3 Å². The Hall–Kier alpha value is -4.60. The lowest BCUT2D eigenvalue weighted by Gasteiger charge is -2.08. The Kier molecular flexibility index (Phi) is 4.88. The lowest BCUT2D eigenvalue weighted by molar-refractivity contribution is -0.384. The van der Waals surface area contributed by atoms with E-state index in [0.29, 0.717) is 23.1 Å². The maximum Gasteiger partial charge on any atom is 0.271 e. The Morgan fingerprint density at radius 3 is 2.55 bits per heavy atom. The van der Waals surface area contributed by atoms with Crippen molar-refractivity contribution in [2.75, 3.05) is 5.32 Å². The molecule has 0 radical (unpaired) electrons. The lowest BCUT2D eigenvalue weighted by atomic mass is 10.1. The zero-order valence-corrected chi connectivity index (χ0v) is 15.7. The fraction of sp³-hybridized carbons (Fsp3) is 0. The maximum atomic E-state index is 13.2. The molecule has 2 N–H and O–H groups in total. The van der Waals surface area contributed by atoms with Crippen molar-refractivity contribution in [1.29, 1.82) is 0 Å². The first kappa shape index (κ1) is 19.7. The molecule has 1 aromatic heterocycles. The van der Waals surface area contributed by atoms with E-state index >= 15 is 0 Å². The van der Waals surface area contributed by atoms with Crippen LogP contribution in [0.5, 0.6) is 0 Å². The number of rotatable bonds is 5. The number of aromatic nitrogens is 2. The van der Waals surface area contributed by atoms with E-state index in [1.807, 2.05) is 0 Å². The number of halogens is 1. The van der Waals surface area contributed by atoms with Gasteiger partial charge >= 0.3 is 0 Å². The van der Waals surface area contributed by atoms with Crippen LogP contribution in [0.1, 0.15) is 20.7 Å². The molecule has 0 bridgehead atoms. The van der Waals surface area contributed by atoms with Gasteiger partial charge in [-0.25, -0.2) is 9.37 Å². The standard InChI is InChI=1S/C21H13FN4O5/c22-14-3-7-17(13(9-14)11-27)21(28)23-15-4-1-12(2-5-15)20-24-18-8-6-16(26(30)31)10-19(18)25(20)29/h1-11,29H,(H,23,28). The van der Waals surface area contributed by atoms with E-state index in [1.165, 1.54) is 24.3 Å². The number of hydrogen-bond donors (Lipinski definition) is 2. The maximum absolute atomic E-state index is 13.2. The van der Waals surface area contributed by atoms with Gasteiger partial charge in [0, 0.05) is 28.9 Å². The summed E-state index contributed by atoms with van der Waals surface area (Å²) in [6.45, 7) is 0. The van der Waals surface area contributed by atoms with Gasteiger partial charge in [-0.1, -0.05) is 0 Å². The number of nitrogens with one attached hydrogen (secondary N) is 1. The van der Waals surface area contributed by atoms with Crippen LogP contribution in [0.3, 0.4) is 0 Å². The van der Waals surface area contributed by atoms with Crippen molar-refractivity contribution in [3.8, 4) is 11.4 Å². The number of imidazole rings is 1. The number of non-ortho nitro benzene ring substituents is 1. The average Bonchev–Trinajstić information content (AvgIpc) is 3.10. The van der Waals surface area contributed by atoms with Gasteiger partial charge in [0.15, 0.2) is 12.1 Å². The summed E-state index contributed by atoms with van der Waals surface area (Å²) in [6, 6.07) is 13.5. The Morgan fingerprint density at radius 2 is 1.87 bits per heavy atom.